The second kappa shape index (κ2) is 10.3. The van der Waals surface area contributed by atoms with Gasteiger partial charge in [-0.25, -0.2) is 4.79 Å². The van der Waals surface area contributed by atoms with Gasteiger partial charge in [0, 0.05) is 30.0 Å². The van der Waals surface area contributed by atoms with Crippen LogP contribution < -0.4 is 5.32 Å². The Morgan fingerprint density at radius 3 is 2.67 bits per heavy atom. The number of carbonyl (C=O) groups is 2. The Balaban J connectivity index is 2.38. The summed E-state index contributed by atoms with van der Waals surface area (Å²) >= 11 is 0. The molecule has 0 fully saturated rings. The molecule has 0 radical (unpaired) electrons. The summed E-state index contributed by atoms with van der Waals surface area (Å²) in [7, 11) is 1.43. The lowest BCUT2D eigenvalue weighted by Gasteiger charge is -2.17. The number of nitrogens with one attached hydrogen (secondary N) is 1. The first kappa shape index (κ1) is 23.4. The van der Waals surface area contributed by atoms with E-state index in [9.17, 15) is 22.8 Å². The summed E-state index contributed by atoms with van der Waals surface area (Å²) in [6.07, 6.45) is -2.94. The van der Waals surface area contributed by atoms with E-state index in [2.05, 4.69) is 17.1 Å². The second-order valence-corrected chi connectivity index (χ2v) is 7.12. The summed E-state index contributed by atoms with van der Waals surface area (Å²) in [5.41, 5.74) is -0.0952. The molecule has 1 unspecified atom stereocenters. The van der Waals surface area contributed by atoms with Crippen LogP contribution in [-0.4, -0.2) is 37.8 Å². The van der Waals surface area contributed by atoms with Gasteiger partial charge in [-0.2, -0.15) is 13.2 Å². The lowest BCUT2D eigenvalue weighted by atomic mass is 9.96. The molecule has 1 aromatic carbocycles. The van der Waals surface area contributed by atoms with E-state index in [1.165, 1.54) is 7.11 Å². The zero-order valence-electron chi connectivity index (χ0n) is 17.0. The number of ether oxygens (including phenoxy) is 1. The molecule has 164 valence electrons. The minimum absolute atomic E-state index is 0.0201. The van der Waals surface area contributed by atoms with Gasteiger partial charge in [-0.05, 0) is 43.0 Å². The number of alkyl halides is 3. The maximum absolute atomic E-state index is 13.1. The molecule has 0 bridgehead atoms. The first-order valence-electron chi connectivity index (χ1n) is 9.56. The van der Waals surface area contributed by atoms with Crippen LogP contribution in [0.3, 0.4) is 0 Å². The van der Waals surface area contributed by atoms with Gasteiger partial charge in [0.25, 0.3) is 5.91 Å². The molecule has 0 saturated heterocycles. The van der Waals surface area contributed by atoms with E-state index in [4.69, 9.17) is 9.57 Å². The number of oxime groups is 1. The van der Waals surface area contributed by atoms with Crippen LogP contribution in [0.1, 0.15) is 47.7 Å². The van der Waals surface area contributed by atoms with Crippen molar-refractivity contribution in [2.24, 2.45) is 11.1 Å². The maximum atomic E-state index is 13.1. The molecule has 6 nitrogen and oxygen atoms in total. The summed E-state index contributed by atoms with van der Waals surface area (Å²) in [5.74, 6) is -1.39. The van der Waals surface area contributed by atoms with E-state index in [1.54, 1.807) is 0 Å². The molecule has 1 aliphatic heterocycles. The zero-order chi connectivity index (χ0) is 22.3. The van der Waals surface area contributed by atoms with Gasteiger partial charge in [-0.15, -0.1) is 0 Å². The molecular formula is C21H25F3N2O4. The minimum Gasteiger partial charge on any atom is -0.462 e. The molecule has 1 N–H and O–H groups in total. The molecule has 1 amide bonds. The maximum Gasteiger partial charge on any atom is 0.416 e. The van der Waals surface area contributed by atoms with Crippen molar-refractivity contribution in [1.29, 1.82) is 0 Å². The van der Waals surface area contributed by atoms with Gasteiger partial charge < -0.3 is 14.9 Å². The monoisotopic (exact) mass is 426 g/mol. The fourth-order valence-electron chi connectivity index (χ4n) is 3.07. The summed E-state index contributed by atoms with van der Waals surface area (Å²) < 4.78 is 44.6. The minimum atomic E-state index is -4.58. The van der Waals surface area contributed by atoms with E-state index < -0.39 is 23.6 Å². The largest absolute Gasteiger partial charge is 0.462 e. The highest BCUT2D eigenvalue weighted by atomic mass is 19.4. The molecule has 0 saturated carbocycles. The normalized spacial score (nSPS) is 21.2. The van der Waals surface area contributed by atoms with Crippen molar-refractivity contribution >= 4 is 17.6 Å². The fourth-order valence-corrected chi connectivity index (χ4v) is 3.07. The lowest BCUT2D eigenvalue weighted by Crippen LogP contribution is -2.32. The van der Waals surface area contributed by atoms with Crippen LogP contribution in [0.5, 0.6) is 0 Å². The third kappa shape index (κ3) is 6.33. The number of benzene rings is 1. The van der Waals surface area contributed by atoms with E-state index in [-0.39, 0.29) is 42.2 Å². The summed E-state index contributed by atoms with van der Waals surface area (Å²) in [6, 6.07) is 2.82. The first-order chi connectivity index (χ1) is 14.1. The molecule has 0 aromatic heterocycles. The number of halogens is 3. The Labute approximate surface area is 173 Å². The molecule has 9 heteroatoms. The topological polar surface area (TPSA) is 77.0 Å². The molecule has 1 aliphatic rings. The quantitative estimate of drug-likeness (QED) is 0.420. The predicted octanol–water partition coefficient (Wildman–Crippen LogP) is 3.90. The summed E-state index contributed by atoms with van der Waals surface area (Å²) in [5, 5.41) is 6.73. The number of rotatable bonds is 1. The Bertz CT molecular complexity index is 834. The standard InChI is InChI=1S/C21H25F3N2O4/c1-13-10-15-11-16(21(22,23)24)7-8-17(15)19(27)25-12-14(2)18(26-29-3)6-4-5-9-30-20(13)28/h7-8,11,14H,1,4-6,9-10,12H2,2-3H3,(H,25,27)/b26-18+. The third-order valence-electron chi connectivity index (χ3n) is 4.78. The predicted molar refractivity (Wildman–Crippen MR) is 105 cm³/mol. The van der Waals surface area contributed by atoms with Crippen molar-refractivity contribution in [2.45, 2.75) is 38.8 Å². The Kier molecular flexibility index (Phi) is 8.02. The summed E-state index contributed by atoms with van der Waals surface area (Å²) in [4.78, 5) is 29.7. The van der Waals surface area contributed by atoms with Gasteiger partial charge in [0.15, 0.2) is 0 Å². The molecule has 0 aliphatic carbocycles. The number of cyclic esters (lactones) is 1. The lowest BCUT2D eigenvalue weighted by molar-refractivity contribution is -0.139. The van der Waals surface area contributed by atoms with Crippen molar-refractivity contribution in [3.05, 3.63) is 47.0 Å². The van der Waals surface area contributed by atoms with Crippen LogP contribution in [0.4, 0.5) is 13.2 Å². The Hall–Kier alpha value is -2.84. The van der Waals surface area contributed by atoms with Crippen LogP contribution in [0.25, 0.3) is 0 Å². The number of carbonyl (C=O) groups excluding carboxylic acids is 2. The van der Waals surface area contributed by atoms with Gasteiger partial charge in [0.2, 0.25) is 0 Å². The highest BCUT2D eigenvalue weighted by Gasteiger charge is 2.32. The highest BCUT2D eigenvalue weighted by Crippen LogP contribution is 2.31. The SMILES string of the molecule is C=C1Cc2cc(C(F)(F)F)ccc2C(=O)NCC(C)/C(=N/OC)CCCCOC1=O. The van der Waals surface area contributed by atoms with Crippen LogP contribution in [-0.2, 0) is 27.0 Å². The summed E-state index contributed by atoms with van der Waals surface area (Å²) in [6.45, 7) is 5.88. The van der Waals surface area contributed by atoms with Crippen molar-refractivity contribution < 1.29 is 32.3 Å². The van der Waals surface area contributed by atoms with Crippen molar-refractivity contribution in [1.82, 2.24) is 5.32 Å². The molecular weight excluding hydrogens is 401 g/mol. The smallest absolute Gasteiger partial charge is 0.416 e. The fraction of sp³-hybridized carbons (Fsp3) is 0.476. The number of nitrogens with zero attached hydrogens (tertiary/aromatic N) is 1. The van der Waals surface area contributed by atoms with E-state index >= 15 is 0 Å². The van der Waals surface area contributed by atoms with Crippen molar-refractivity contribution in [2.75, 3.05) is 20.3 Å². The van der Waals surface area contributed by atoms with Crippen molar-refractivity contribution in [3.63, 3.8) is 0 Å². The molecule has 1 heterocycles. The highest BCUT2D eigenvalue weighted by molar-refractivity contribution is 5.97. The van der Waals surface area contributed by atoms with Gasteiger partial charge in [0.05, 0.1) is 17.9 Å². The van der Waals surface area contributed by atoms with Gasteiger partial charge >= 0.3 is 12.1 Å². The molecule has 0 spiro atoms. The molecule has 1 atom stereocenters. The van der Waals surface area contributed by atoms with Crippen LogP contribution in [0.15, 0.2) is 35.5 Å². The van der Waals surface area contributed by atoms with E-state index in [0.717, 1.165) is 23.9 Å². The zero-order valence-corrected chi connectivity index (χ0v) is 17.0. The van der Waals surface area contributed by atoms with Gasteiger partial charge in [-0.3, -0.25) is 4.79 Å². The average Bonchev–Trinajstić information content (AvgIpc) is 2.69. The van der Waals surface area contributed by atoms with Crippen molar-refractivity contribution in [3.8, 4) is 0 Å². The second-order valence-electron chi connectivity index (χ2n) is 7.12. The Morgan fingerprint density at radius 2 is 2.00 bits per heavy atom. The third-order valence-corrected chi connectivity index (χ3v) is 4.78. The van der Waals surface area contributed by atoms with Gasteiger partial charge in [-0.1, -0.05) is 18.7 Å². The number of amides is 1. The van der Waals surface area contributed by atoms with Crippen LogP contribution in [0, 0.1) is 5.92 Å². The van der Waals surface area contributed by atoms with Gasteiger partial charge in [0.1, 0.15) is 7.11 Å². The van der Waals surface area contributed by atoms with Crippen LogP contribution in [0.2, 0.25) is 0 Å². The number of hydrogen-bond donors (Lipinski definition) is 1. The number of fused-ring (bicyclic) bond motifs is 1. The first-order valence-corrected chi connectivity index (χ1v) is 9.56. The number of esters is 1. The Morgan fingerprint density at radius 1 is 1.27 bits per heavy atom. The number of hydrogen-bond acceptors (Lipinski definition) is 5. The average molecular weight is 426 g/mol. The van der Waals surface area contributed by atoms with Crippen LogP contribution >= 0.6 is 0 Å². The van der Waals surface area contributed by atoms with E-state index in [1.807, 2.05) is 6.92 Å². The molecule has 1 aromatic rings. The molecule has 30 heavy (non-hydrogen) atoms. The van der Waals surface area contributed by atoms with E-state index in [0.29, 0.717) is 19.3 Å². The molecule has 2 rings (SSSR count).